The second-order valence-corrected chi connectivity index (χ2v) is 5.22. The molecule has 116 valence electrons. The summed E-state index contributed by atoms with van der Waals surface area (Å²) in [5, 5.41) is 3.26. The molecule has 20 heavy (non-hydrogen) atoms. The van der Waals surface area contributed by atoms with E-state index in [1.165, 1.54) is 30.6 Å². The molecular formula is C16H29NO3. The average molecular weight is 283 g/mol. The van der Waals surface area contributed by atoms with Gasteiger partial charge in [-0.1, -0.05) is 13.8 Å². The molecule has 1 atom stereocenters. The number of rotatable bonds is 10. The monoisotopic (exact) mass is 283 g/mol. The molecule has 1 saturated carbocycles. The summed E-state index contributed by atoms with van der Waals surface area (Å²) in [4.78, 5) is 11.1. The van der Waals surface area contributed by atoms with Crippen molar-refractivity contribution in [2.75, 3.05) is 20.3 Å². The Bertz CT molecular complexity index is 320. The minimum Gasteiger partial charge on any atom is -0.498 e. The van der Waals surface area contributed by atoms with E-state index >= 15 is 0 Å². The third kappa shape index (κ3) is 5.95. The van der Waals surface area contributed by atoms with Crippen LogP contribution >= 0.6 is 0 Å². The van der Waals surface area contributed by atoms with E-state index in [1.807, 2.05) is 14.0 Å². The maximum absolute atomic E-state index is 11.1. The van der Waals surface area contributed by atoms with Gasteiger partial charge in [-0.05, 0) is 44.7 Å². The van der Waals surface area contributed by atoms with Gasteiger partial charge in [0, 0.05) is 18.9 Å². The number of hydrogen-bond acceptors (Lipinski definition) is 4. The maximum Gasteiger partial charge on any atom is 0.305 e. The first-order valence-electron chi connectivity index (χ1n) is 7.87. The molecule has 0 bridgehead atoms. The van der Waals surface area contributed by atoms with Gasteiger partial charge in [0.15, 0.2) is 0 Å². The Morgan fingerprint density at radius 3 is 2.25 bits per heavy atom. The van der Waals surface area contributed by atoms with Gasteiger partial charge in [-0.15, -0.1) is 0 Å². The number of esters is 1. The smallest absolute Gasteiger partial charge is 0.305 e. The van der Waals surface area contributed by atoms with E-state index in [-0.39, 0.29) is 5.97 Å². The van der Waals surface area contributed by atoms with Crippen molar-refractivity contribution in [2.45, 2.75) is 64.8 Å². The Hall–Kier alpha value is -1.03. The number of carbonyl (C=O) groups excluding carboxylic acids is 1. The van der Waals surface area contributed by atoms with Gasteiger partial charge in [-0.3, -0.25) is 4.79 Å². The van der Waals surface area contributed by atoms with Crippen LogP contribution < -0.4 is 5.32 Å². The van der Waals surface area contributed by atoms with Crippen LogP contribution in [0.2, 0.25) is 0 Å². The Morgan fingerprint density at radius 1 is 1.15 bits per heavy atom. The van der Waals surface area contributed by atoms with Crippen LogP contribution in [0.3, 0.4) is 0 Å². The minimum absolute atomic E-state index is 0.126. The maximum atomic E-state index is 11.1. The van der Waals surface area contributed by atoms with Gasteiger partial charge < -0.3 is 14.8 Å². The first kappa shape index (κ1) is 17.0. The highest BCUT2D eigenvalue weighted by molar-refractivity contribution is 5.68. The SMILES string of the molecule is CCC(=O)OCCC(CCOC(CC)=C1CCC1)NC. The molecule has 0 saturated heterocycles. The fourth-order valence-electron chi connectivity index (χ4n) is 2.26. The Morgan fingerprint density at radius 2 is 1.80 bits per heavy atom. The highest BCUT2D eigenvalue weighted by Gasteiger charge is 2.15. The quantitative estimate of drug-likeness (QED) is 0.494. The van der Waals surface area contributed by atoms with E-state index < -0.39 is 0 Å². The van der Waals surface area contributed by atoms with Crippen LogP contribution in [0.25, 0.3) is 0 Å². The highest BCUT2D eigenvalue weighted by Crippen LogP contribution is 2.30. The number of allylic oxidation sites excluding steroid dienone is 2. The van der Waals surface area contributed by atoms with Crippen molar-refractivity contribution in [3.05, 3.63) is 11.3 Å². The van der Waals surface area contributed by atoms with E-state index in [9.17, 15) is 4.79 Å². The molecule has 1 N–H and O–H groups in total. The molecule has 4 nitrogen and oxygen atoms in total. The van der Waals surface area contributed by atoms with Crippen molar-refractivity contribution < 1.29 is 14.3 Å². The molecule has 0 spiro atoms. The van der Waals surface area contributed by atoms with E-state index in [1.54, 1.807) is 0 Å². The van der Waals surface area contributed by atoms with Crippen molar-refractivity contribution in [1.82, 2.24) is 5.32 Å². The topological polar surface area (TPSA) is 47.6 Å². The molecule has 0 aromatic heterocycles. The molecule has 0 aromatic carbocycles. The van der Waals surface area contributed by atoms with Crippen molar-refractivity contribution in [3.63, 3.8) is 0 Å². The molecule has 0 heterocycles. The van der Waals surface area contributed by atoms with Crippen LogP contribution in [0.5, 0.6) is 0 Å². The normalized spacial score (nSPS) is 15.4. The van der Waals surface area contributed by atoms with Gasteiger partial charge in [-0.25, -0.2) is 0 Å². The molecule has 1 aliphatic rings. The predicted molar refractivity (Wildman–Crippen MR) is 80.5 cm³/mol. The zero-order chi connectivity index (χ0) is 14.8. The molecule has 0 radical (unpaired) electrons. The zero-order valence-electron chi connectivity index (χ0n) is 13.2. The van der Waals surface area contributed by atoms with Crippen LogP contribution in [0.4, 0.5) is 0 Å². The van der Waals surface area contributed by atoms with Crippen LogP contribution in [-0.2, 0) is 14.3 Å². The second-order valence-electron chi connectivity index (χ2n) is 5.22. The summed E-state index contributed by atoms with van der Waals surface area (Å²) < 4.78 is 11.0. The molecular weight excluding hydrogens is 254 g/mol. The first-order valence-corrected chi connectivity index (χ1v) is 7.87. The van der Waals surface area contributed by atoms with E-state index in [0.29, 0.717) is 19.1 Å². The molecule has 0 aromatic rings. The number of ether oxygens (including phenoxy) is 2. The fourth-order valence-corrected chi connectivity index (χ4v) is 2.26. The standard InChI is InChI=1S/C16H29NO3/c1-4-15(13-7-6-8-13)19-11-9-14(17-3)10-12-20-16(18)5-2/h14,17H,4-12H2,1-3H3. The van der Waals surface area contributed by atoms with Crippen molar-refractivity contribution in [1.29, 1.82) is 0 Å². The lowest BCUT2D eigenvalue weighted by Gasteiger charge is -2.23. The minimum atomic E-state index is -0.126. The summed E-state index contributed by atoms with van der Waals surface area (Å²) in [6.07, 6.45) is 6.95. The number of carbonyl (C=O) groups is 1. The predicted octanol–water partition coefficient (Wildman–Crippen LogP) is 3.17. The van der Waals surface area contributed by atoms with Crippen molar-refractivity contribution >= 4 is 5.97 Å². The van der Waals surface area contributed by atoms with Gasteiger partial charge in [0.2, 0.25) is 0 Å². The average Bonchev–Trinajstić information content (AvgIpc) is 2.41. The van der Waals surface area contributed by atoms with Crippen molar-refractivity contribution in [2.24, 2.45) is 0 Å². The van der Waals surface area contributed by atoms with E-state index in [2.05, 4.69) is 12.2 Å². The second kappa shape index (κ2) is 9.81. The Kier molecular flexibility index (Phi) is 8.35. The Labute approximate surface area is 122 Å². The van der Waals surface area contributed by atoms with Crippen LogP contribution in [0.1, 0.15) is 58.8 Å². The molecule has 1 unspecified atom stereocenters. The summed E-state index contributed by atoms with van der Waals surface area (Å²) >= 11 is 0. The van der Waals surface area contributed by atoms with Crippen LogP contribution in [0.15, 0.2) is 11.3 Å². The summed E-state index contributed by atoms with van der Waals surface area (Å²) in [6.45, 7) is 5.19. The van der Waals surface area contributed by atoms with Gasteiger partial charge >= 0.3 is 5.97 Å². The third-order valence-electron chi connectivity index (χ3n) is 3.84. The summed E-state index contributed by atoms with van der Waals surface area (Å²) in [6, 6.07) is 0.337. The number of hydrogen-bond donors (Lipinski definition) is 1. The highest BCUT2D eigenvalue weighted by atomic mass is 16.5. The fraction of sp³-hybridized carbons (Fsp3) is 0.812. The third-order valence-corrected chi connectivity index (χ3v) is 3.84. The molecule has 0 amide bonds. The lowest BCUT2D eigenvalue weighted by Crippen LogP contribution is -2.28. The Balaban J connectivity index is 2.18. The zero-order valence-corrected chi connectivity index (χ0v) is 13.2. The van der Waals surface area contributed by atoms with Gasteiger partial charge in [0.1, 0.15) is 0 Å². The lowest BCUT2D eigenvalue weighted by atomic mass is 9.90. The molecule has 4 heteroatoms. The number of nitrogens with one attached hydrogen (secondary N) is 1. The molecule has 0 aliphatic heterocycles. The largest absolute Gasteiger partial charge is 0.498 e. The van der Waals surface area contributed by atoms with Crippen LogP contribution in [0, 0.1) is 0 Å². The van der Waals surface area contributed by atoms with Gasteiger partial charge in [0.05, 0.1) is 19.0 Å². The van der Waals surface area contributed by atoms with Crippen LogP contribution in [-0.4, -0.2) is 32.3 Å². The first-order chi connectivity index (χ1) is 9.71. The van der Waals surface area contributed by atoms with Crippen molar-refractivity contribution in [3.8, 4) is 0 Å². The summed E-state index contributed by atoms with van der Waals surface area (Å²) in [5.41, 5.74) is 1.50. The molecule has 1 fully saturated rings. The van der Waals surface area contributed by atoms with Gasteiger partial charge in [-0.2, -0.15) is 0 Å². The van der Waals surface area contributed by atoms with Gasteiger partial charge in [0.25, 0.3) is 0 Å². The van der Waals surface area contributed by atoms with E-state index in [0.717, 1.165) is 25.9 Å². The lowest BCUT2D eigenvalue weighted by molar-refractivity contribution is -0.143. The molecule has 1 rings (SSSR count). The summed E-state index contributed by atoms with van der Waals surface area (Å²) in [7, 11) is 1.94. The molecule has 1 aliphatic carbocycles. The van der Waals surface area contributed by atoms with E-state index in [4.69, 9.17) is 9.47 Å². The summed E-state index contributed by atoms with van der Waals surface area (Å²) in [5.74, 6) is 1.07.